The third-order valence-electron chi connectivity index (χ3n) is 20.0. The van der Waals surface area contributed by atoms with Crippen molar-refractivity contribution in [1.29, 1.82) is 0 Å². The predicted octanol–water partition coefficient (Wildman–Crippen LogP) is 24.8. The van der Waals surface area contributed by atoms with Crippen LogP contribution in [0.25, 0.3) is 0 Å². The number of carbonyl (C=O) groups is 4. The van der Waals surface area contributed by atoms with Crippen LogP contribution in [-0.2, 0) is 65.4 Å². The lowest BCUT2D eigenvalue weighted by molar-refractivity contribution is -0.161. The van der Waals surface area contributed by atoms with Crippen LogP contribution >= 0.6 is 15.6 Å². The van der Waals surface area contributed by atoms with Crippen LogP contribution in [0.2, 0.25) is 0 Å². The van der Waals surface area contributed by atoms with E-state index < -0.39 is 97.5 Å². The molecule has 0 aromatic carbocycles. The minimum absolute atomic E-state index is 0.106. The van der Waals surface area contributed by atoms with Crippen molar-refractivity contribution < 1.29 is 80.2 Å². The molecule has 0 amide bonds. The number of hydrogen-bond donors (Lipinski definition) is 3. The van der Waals surface area contributed by atoms with E-state index in [1.54, 1.807) is 0 Å². The van der Waals surface area contributed by atoms with E-state index in [1.807, 2.05) is 0 Å². The normalized spacial score (nSPS) is 14.5. The van der Waals surface area contributed by atoms with Crippen LogP contribution in [0.15, 0.2) is 0 Å². The molecule has 0 aliphatic rings. The lowest BCUT2D eigenvalue weighted by atomic mass is 9.99. The summed E-state index contributed by atoms with van der Waals surface area (Å²) in [7, 11) is -9.92. The number of hydrogen-bond acceptors (Lipinski definition) is 15. The topological polar surface area (TPSA) is 237 Å². The minimum atomic E-state index is -4.96. The SMILES string of the molecule is CCC(C)CCCCCCCCCCCCCCCCCCCCC(=O)O[C@H](COC(=O)CCCCCCCCC(C)CC)COP(=O)(O)OC[C@H](O)COP(=O)(O)OC[C@@H](COC(=O)CCCCCCCCCCCCCCCC(C)C)OC(=O)CCCCCCCCCCCCCC(C)C. The van der Waals surface area contributed by atoms with Crippen molar-refractivity contribution in [2.24, 2.45) is 23.7 Å². The first-order valence-electron chi connectivity index (χ1n) is 42.8. The van der Waals surface area contributed by atoms with Crippen LogP contribution in [0, 0.1) is 23.7 Å². The Morgan fingerprint density at radius 3 is 0.696 bits per heavy atom. The van der Waals surface area contributed by atoms with E-state index in [4.69, 9.17) is 37.0 Å². The van der Waals surface area contributed by atoms with E-state index in [0.717, 1.165) is 120 Å². The molecule has 0 radical (unpaired) electrons. The molecule has 0 bridgehead atoms. The zero-order chi connectivity index (χ0) is 75.3. The summed E-state index contributed by atoms with van der Waals surface area (Å²) in [5.74, 6) is 1.05. The van der Waals surface area contributed by atoms with E-state index in [1.165, 1.54) is 225 Å². The summed E-state index contributed by atoms with van der Waals surface area (Å²) in [6.07, 6.45) is 59.7. The Kier molecular flexibility index (Phi) is 70.6. The second-order valence-electron chi connectivity index (χ2n) is 31.3. The Bertz CT molecular complexity index is 1990. The van der Waals surface area contributed by atoms with E-state index in [-0.39, 0.29) is 25.7 Å². The number of phosphoric acid groups is 2. The fraction of sp³-hybridized carbons (Fsp3) is 0.952. The number of carbonyl (C=O) groups excluding carboxylic acids is 4. The van der Waals surface area contributed by atoms with Gasteiger partial charge in [0.1, 0.15) is 19.3 Å². The van der Waals surface area contributed by atoms with Crippen molar-refractivity contribution in [3.05, 3.63) is 0 Å². The molecule has 0 fully saturated rings. The van der Waals surface area contributed by atoms with Crippen molar-refractivity contribution >= 4 is 39.5 Å². The van der Waals surface area contributed by atoms with Gasteiger partial charge in [-0.1, -0.05) is 376 Å². The van der Waals surface area contributed by atoms with Crippen LogP contribution in [0.3, 0.4) is 0 Å². The molecule has 4 unspecified atom stereocenters. The third-order valence-corrected chi connectivity index (χ3v) is 21.9. The van der Waals surface area contributed by atoms with Crippen molar-refractivity contribution in [2.45, 2.75) is 446 Å². The highest BCUT2D eigenvalue weighted by atomic mass is 31.2. The zero-order valence-corrected chi connectivity index (χ0v) is 69.0. The molecule has 0 aliphatic carbocycles. The molecular weight excluding hydrogens is 1330 g/mol. The summed E-state index contributed by atoms with van der Waals surface area (Å²) >= 11 is 0. The first kappa shape index (κ1) is 100. The molecule has 0 heterocycles. The maximum atomic E-state index is 13.1. The molecule has 3 N–H and O–H groups in total. The summed E-state index contributed by atoms with van der Waals surface area (Å²) in [6, 6.07) is 0. The Balaban J connectivity index is 5.20. The van der Waals surface area contributed by atoms with Gasteiger partial charge in [0.15, 0.2) is 12.2 Å². The monoisotopic (exact) mass is 1490 g/mol. The van der Waals surface area contributed by atoms with E-state index >= 15 is 0 Å². The molecule has 7 atom stereocenters. The van der Waals surface area contributed by atoms with Gasteiger partial charge in [0.2, 0.25) is 0 Å². The van der Waals surface area contributed by atoms with Gasteiger partial charge in [0.25, 0.3) is 0 Å². The number of aliphatic hydroxyl groups excluding tert-OH is 1. The third kappa shape index (κ3) is 73.6. The average Bonchev–Trinajstić information content (AvgIpc) is 0.904. The highest BCUT2D eigenvalue weighted by molar-refractivity contribution is 7.47. The largest absolute Gasteiger partial charge is 0.472 e. The van der Waals surface area contributed by atoms with Gasteiger partial charge in [0.05, 0.1) is 26.4 Å². The maximum Gasteiger partial charge on any atom is 0.472 e. The van der Waals surface area contributed by atoms with E-state index in [0.29, 0.717) is 25.7 Å². The number of phosphoric ester groups is 2. The molecule has 0 spiro atoms. The van der Waals surface area contributed by atoms with Gasteiger partial charge in [0, 0.05) is 25.7 Å². The molecule has 17 nitrogen and oxygen atoms in total. The predicted molar refractivity (Wildman–Crippen MR) is 418 cm³/mol. The number of ether oxygens (including phenoxy) is 4. The zero-order valence-electron chi connectivity index (χ0n) is 67.2. The highest BCUT2D eigenvalue weighted by Gasteiger charge is 2.30. The molecule has 102 heavy (non-hydrogen) atoms. The molecule has 606 valence electrons. The number of aliphatic hydroxyl groups is 1. The van der Waals surface area contributed by atoms with Crippen LogP contribution in [0.4, 0.5) is 0 Å². The maximum absolute atomic E-state index is 13.1. The minimum Gasteiger partial charge on any atom is -0.462 e. The number of esters is 4. The van der Waals surface area contributed by atoms with Crippen molar-refractivity contribution in [3.63, 3.8) is 0 Å². The van der Waals surface area contributed by atoms with Gasteiger partial charge in [-0.3, -0.25) is 37.3 Å². The van der Waals surface area contributed by atoms with Crippen LogP contribution < -0.4 is 0 Å². The Morgan fingerprint density at radius 2 is 0.471 bits per heavy atom. The Morgan fingerprint density at radius 1 is 0.275 bits per heavy atom. The van der Waals surface area contributed by atoms with E-state index in [9.17, 15) is 43.2 Å². The fourth-order valence-corrected chi connectivity index (χ4v) is 14.3. The van der Waals surface area contributed by atoms with Gasteiger partial charge in [-0.25, -0.2) is 9.13 Å². The van der Waals surface area contributed by atoms with Gasteiger partial charge in [-0.15, -0.1) is 0 Å². The first-order chi connectivity index (χ1) is 49.2. The van der Waals surface area contributed by atoms with Crippen LogP contribution in [-0.4, -0.2) is 96.7 Å². The van der Waals surface area contributed by atoms with Crippen LogP contribution in [0.5, 0.6) is 0 Å². The Labute approximate surface area is 626 Å². The second kappa shape index (κ2) is 72.0. The van der Waals surface area contributed by atoms with Gasteiger partial charge < -0.3 is 33.8 Å². The highest BCUT2D eigenvalue weighted by Crippen LogP contribution is 2.45. The molecule has 0 saturated carbocycles. The summed E-state index contributed by atoms with van der Waals surface area (Å²) in [5, 5.41) is 10.7. The van der Waals surface area contributed by atoms with Crippen LogP contribution in [0.1, 0.15) is 428 Å². The molecule has 0 saturated heterocycles. The standard InChI is InChI=1S/C83H162O17P2/c1-9-75(7)61-53-45-37-31-25-19-15-13-11-12-14-16-20-27-33-39-49-57-65-82(87)100-79(70-94-81(86)64-56-48-42-41-46-54-62-76(8)10-2)72-98-102(91,92)96-68-77(84)67-95-101(89,90)97-71-78(99-83(88)66-58-50-40-34-28-22-24-30-36-44-52-60-74(5)6)69-93-80(85)63-55-47-38-32-26-21-17-18-23-29-35-43-51-59-73(3)4/h73-79,84H,9-72H2,1-8H3,(H,89,90)(H,91,92)/t75?,76?,77-,78-,79-/m1/s1. The van der Waals surface area contributed by atoms with E-state index in [2.05, 4.69) is 55.4 Å². The van der Waals surface area contributed by atoms with Gasteiger partial charge in [-0.05, 0) is 49.4 Å². The summed E-state index contributed by atoms with van der Waals surface area (Å²) in [4.78, 5) is 73.1. The molecule has 0 rings (SSSR count). The summed E-state index contributed by atoms with van der Waals surface area (Å²) < 4.78 is 68.8. The average molecular weight is 1490 g/mol. The summed E-state index contributed by atoms with van der Waals surface area (Å²) in [5.41, 5.74) is 0. The quantitative estimate of drug-likeness (QED) is 0.0222. The first-order valence-corrected chi connectivity index (χ1v) is 45.8. The second-order valence-corrected chi connectivity index (χ2v) is 34.2. The molecule has 19 heteroatoms. The van der Waals surface area contributed by atoms with Crippen molar-refractivity contribution in [3.8, 4) is 0 Å². The smallest absolute Gasteiger partial charge is 0.462 e. The number of rotatable bonds is 80. The Hall–Kier alpha value is -1.94. The molecule has 0 aliphatic heterocycles. The molecule has 0 aromatic rings. The number of unbranched alkanes of at least 4 members (excludes halogenated alkanes) is 44. The lowest BCUT2D eigenvalue weighted by Gasteiger charge is -2.21. The van der Waals surface area contributed by atoms with Gasteiger partial charge in [-0.2, -0.15) is 0 Å². The van der Waals surface area contributed by atoms with Crippen molar-refractivity contribution in [1.82, 2.24) is 0 Å². The fourth-order valence-electron chi connectivity index (χ4n) is 12.7. The van der Waals surface area contributed by atoms with Gasteiger partial charge >= 0.3 is 39.5 Å². The summed E-state index contributed by atoms with van der Waals surface area (Å²) in [6.45, 7) is 14.3. The molecular formula is C83H162O17P2. The lowest BCUT2D eigenvalue weighted by Crippen LogP contribution is -2.30. The van der Waals surface area contributed by atoms with Crippen molar-refractivity contribution in [2.75, 3.05) is 39.6 Å². The molecule has 0 aromatic heterocycles.